The van der Waals surface area contributed by atoms with Crippen molar-refractivity contribution >= 4 is 11.3 Å². The maximum Gasteiger partial charge on any atom is 0.151 e. The molecule has 96 valence electrons. The van der Waals surface area contributed by atoms with E-state index in [9.17, 15) is 4.39 Å². The number of hydrogen-bond donors (Lipinski definition) is 1. The molecule has 0 radical (unpaired) electrons. The summed E-state index contributed by atoms with van der Waals surface area (Å²) in [7, 11) is 0. The Hall–Kier alpha value is -1.33. The number of halogens is 1. The lowest BCUT2D eigenvalue weighted by Crippen LogP contribution is -2.21. The molecule has 18 heavy (non-hydrogen) atoms. The molecular weight excluding hydrogens is 249 g/mol. The molecule has 1 N–H and O–H groups in total. The minimum absolute atomic E-state index is 0.324. The third-order valence-corrected chi connectivity index (χ3v) is 3.69. The number of thiazole rings is 1. The summed E-state index contributed by atoms with van der Waals surface area (Å²) in [5, 5.41) is 3.98. The summed E-state index contributed by atoms with van der Waals surface area (Å²) in [6.07, 6.45) is 1.58. The van der Waals surface area contributed by atoms with Gasteiger partial charge in [0.25, 0.3) is 0 Å². The summed E-state index contributed by atoms with van der Waals surface area (Å²) >= 11 is 1.49. The highest BCUT2D eigenvalue weighted by Gasteiger charge is 2.13. The van der Waals surface area contributed by atoms with Crippen LogP contribution in [-0.2, 0) is 6.54 Å². The largest absolute Gasteiger partial charge is 0.310 e. The first-order chi connectivity index (χ1) is 8.58. The number of hydrogen-bond acceptors (Lipinski definition) is 4. The lowest BCUT2D eigenvalue weighted by molar-refractivity contribution is 0.591. The molecule has 0 aromatic carbocycles. The van der Waals surface area contributed by atoms with Gasteiger partial charge in [-0.3, -0.25) is 4.98 Å². The zero-order chi connectivity index (χ0) is 13.1. The van der Waals surface area contributed by atoms with E-state index in [0.29, 0.717) is 16.7 Å². The Morgan fingerprint density at radius 2 is 2.22 bits per heavy atom. The van der Waals surface area contributed by atoms with Gasteiger partial charge in [-0.05, 0) is 19.1 Å². The van der Waals surface area contributed by atoms with Crippen LogP contribution in [0, 0.1) is 12.7 Å². The number of aryl methyl sites for hydroxylation is 1. The molecular formula is C13H16FN3S. The second kappa shape index (κ2) is 5.54. The summed E-state index contributed by atoms with van der Waals surface area (Å²) in [5.74, 6) is -0.324. The first-order valence-corrected chi connectivity index (χ1v) is 6.70. The molecule has 2 aromatic heterocycles. The Morgan fingerprint density at radius 1 is 1.44 bits per heavy atom. The zero-order valence-corrected chi connectivity index (χ0v) is 11.5. The van der Waals surface area contributed by atoms with E-state index < -0.39 is 0 Å². The molecule has 0 atom stereocenters. The first-order valence-electron chi connectivity index (χ1n) is 5.88. The SMILES string of the molecule is Cc1nc(-c2ncccc2F)sc1CNC(C)C. The molecule has 0 aliphatic rings. The molecule has 0 bridgehead atoms. The number of aromatic nitrogens is 2. The van der Waals surface area contributed by atoms with Crippen LogP contribution in [0.5, 0.6) is 0 Å². The van der Waals surface area contributed by atoms with Gasteiger partial charge in [-0.2, -0.15) is 0 Å². The fraction of sp³-hybridized carbons (Fsp3) is 0.385. The standard InChI is InChI=1S/C13H16FN3S/c1-8(2)16-7-11-9(3)17-13(18-11)12-10(14)5-4-6-15-12/h4-6,8,16H,7H2,1-3H3. The number of pyridine rings is 1. The van der Waals surface area contributed by atoms with E-state index in [2.05, 4.69) is 29.1 Å². The first kappa shape index (κ1) is 13.1. The lowest BCUT2D eigenvalue weighted by atomic mass is 10.3. The van der Waals surface area contributed by atoms with Gasteiger partial charge in [-0.1, -0.05) is 13.8 Å². The Kier molecular flexibility index (Phi) is 4.04. The van der Waals surface area contributed by atoms with Crippen LogP contribution >= 0.6 is 11.3 Å². The molecule has 0 unspecified atom stereocenters. The van der Waals surface area contributed by atoms with Crippen molar-refractivity contribution < 1.29 is 4.39 Å². The van der Waals surface area contributed by atoms with Gasteiger partial charge < -0.3 is 5.32 Å². The van der Waals surface area contributed by atoms with E-state index in [1.54, 1.807) is 12.3 Å². The van der Waals surface area contributed by atoms with Crippen molar-refractivity contribution in [2.24, 2.45) is 0 Å². The topological polar surface area (TPSA) is 37.8 Å². The molecule has 0 aliphatic carbocycles. The molecule has 2 aromatic rings. The van der Waals surface area contributed by atoms with Gasteiger partial charge in [0, 0.05) is 23.7 Å². The van der Waals surface area contributed by atoms with Crippen LogP contribution in [0.25, 0.3) is 10.7 Å². The predicted molar refractivity (Wildman–Crippen MR) is 72.0 cm³/mol. The highest BCUT2D eigenvalue weighted by Crippen LogP contribution is 2.28. The normalized spacial score (nSPS) is 11.2. The van der Waals surface area contributed by atoms with Crippen LogP contribution in [0.3, 0.4) is 0 Å². The van der Waals surface area contributed by atoms with Gasteiger partial charge in [-0.15, -0.1) is 11.3 Å². The molecule has 2 rings (SSSR count). The van der Waals surface area contributed by atoms with Crippen molar-refractivity contribution in [2.75, 3.05) is 0 Å². The molecule has 0 fully saturated rings. The van der Waals surface area contributed by atoms with Crippen LogP contribution in [0.4, 0.5) is 4.39 Å². The average molecular weight is 265 g/mol. The minimum Gasteiger partial charge on any atom is -0.310 e. The minimum atomic E-state index is -0.324. The predicted octanol–water partition coefficient (Wildman–Crippen LogP) is 3.15. The smallest absolute Gasteiger partial charge is 0.151 e. The van der Waals surface area contributed by atoms with Crippen molar-refractivity contribution in [1.82, 2.24) is 15.3 Å². The van der Waals surface area contributed by atoms with Gasteiger partial charge in [0.15, 0.2) is 5.82 Å². The van der Waals surface area contributed by atoms with Gasteiger partial charge in [0.1, 0.15) is 10.7 Å². The lowest BCUT2D eigenvalue weighted by Gasteiger charge is -2.05. The fourth-order valence-electron chi connectivity index (χ4n) is 1.53. The van der Waals surface area contributed by atoms with E-state index in [-0.39, 0.29) is 5.82 Å². The molecule has 5 heteroatoms. The number of rotatable bonds is 4. The Labute approximate surface area is 110 Å². The molecule has 0 saturated heterocycles. The van der Waals surface area contributed by atoms with E-state index in [1.807, 2.05) is 6.92 Å². The Bertz CT molecular complexity index is 537. The van der Waals surface area contributed by atoms with Gasteiger partial charge >= 0.3 is 0 Å². The summed E-state index contributed by atoms with van der Waals surface area (Å²) in [5.41, 5.74) is 1.27. The van der Waals surface area contributed by atoms with E-state index in [4.69, 9.17) is 0 Å². The highest BCUT2D eigenvalue weighted by atomic mass is 32.1. The van der Waals surface area contributed by atoms with E-state index >= 15 is 0 Å². The summed E-state index contributed by atoms with van der Waals surface area (Å²) in [4.78, 5) is 9.57. The second-order valence-corrected chi connectivity index (χ2v) is 5.48. The zero-order valence-electron chi connectivity index (χ0n) is 10.7. The quantitative estimate of drug-likeness (QED) is 0.922. The van der Waals surface area contributed by atoms with E-state index in [0.717, 1.165) is 17.1 Å². The van der Waals surface area contributed by atoms with Crippen molar-refractivity contribution in [2.45, 2.75) is 33.4 Å². The third kappa shape index (κ3) is 2.91. The molecule has 3 nitrogen and oxygen atoms in total. The second-order valence-electron chi connectivity index (χ2n) is 4.40. The van der Waals surface area contributed by atoms with Crippen LogP contribution < -0.4 is 5.32 Å². The number of nitrogens with one attached hydrogen (secondary N) is 1. The van der Waals surface area contributed by atoms with Crippen LogP contribution in [0.1, 0.15) is 24.4 Å². The monoisotopic (exact) mass is 265 g/mol. The third-order valence-electron chi connectivity index (χ3n) is 2.52. The maximum atomic E-state index is 13.6. The highest BCUT2D eigenvalue weighted by molar-refractivity contribution is 7.15. The number of nitrogens with zero attached hydrogens (tertiary/aromatic N) is 2. The van der Waals surface area contributed by atoms with Gasteiger partial charge in [0.2, 0.25) is 0 Å². The van der Waals surface area contributed by atoms with Crippen molar-refractivity contribution in [3.8, 4) is 10.7 Å². The van der Waals surface area contributed by atoms with Gasteiger partial charge in [-0.25, -0.2) is 9.37 Å². The molecule has 0 spiro atoms. The van der Waals surface area contributed by atoms with Crippen LogP contribution in [0.2, 0.25) is 0 Å². The Balaban J connectivity index is 2.26. The fourth-order valence-corrected chi connectivity index (χ4v) is 2.54. The van der Waals surface area contributed by atoms with Crippen molar-refractivity contribution in [1.29, 1.82) is 0 Å². The van der Waals surface area contributed by atoms with Crippen molar-refractivity contribution in [3.05, 3.63) is 34.7 Å². The molecule has 2 heterocycles. The summed E-state index contributed by atoms with van der Waals surface area (Å²) in [6, 6.07) is 3.41. The maximum absolute atomic E-state index is 13.6. The average Bonchev–Trinajstić information content (AvgIpc) is 2.68. The summed E-state index contributed by atoms with van der Waals surface area (Å²) in [6.45, 7) is 6.89. The van der Waals surface area contributed by atoms with Gasteiger partial charge in [0.05, 0.1) is 5.69 Å². The van der Waals surface area contributed by atoms with Crippen LogP contribution in [0.15, 0.2) is 18.3 Å². The van der Waals surface area contributed by atoms with Crippen molar-refractivity contribution in [3.63, 3.8) is 0 Å². The summed E-state index contributed by atoms with van der Waals surface area (Å²) < 4.78 is 13.6. The Morgan fingerprint density at radius 3 is 2.89 bits per heavy atom. The molecule has 0 amide bonds. The molecule has 0 saturated carbocycles. The molecule has 0 aliphatic heterocycles. The van der Waals surface area contributed by atoms with E-state index in [1.165, 1.54) is 17.4 Å². The van der Waals surface area contributed by atoms with Crippen LogP contribution in [-0.4, -0.2) is 16.0 Å².